The van der Waals surface area contributed by atoms with Gasteiger partial charge in [0.25, 0.3) is 0 Å². The van der Waals surface area contributed by atoms with E-state index < -0.39 is 0 Å². The molecule has 0 spiro atoms. The molecule has 2 aromatic rings. The number of benzene rings is 1. The highest BCUT2D eigenvalue weighted by Crippen LogP contribution is 2.29. The van der Waals surface area contributed by atoms with Crippen LogP contribution >= 0.6 is 12.4 Å². The minimum absolute atomic E-state index is 0. The Bertz CT molecular complexity index is 678. The first kappa shape index (κ1) is 19.0. The lowest BCUT2D eigenvalue weighted by Gasteiger charge is -2.42. The Morgan fingerprint density at radius 3 is 2.50 bits per heavy atom. The van der Waals surface area contributed by atoms with Crippen LogP contribution in [0.15, 0.2) is 30.3 Å². The zero-order chi connectivity index (χ0) is 16.6. The number of rotatable bonds is 3. The van der Waals surface area contributed by atoms with Gasteiger partial charge >= 0.3 is 0 Å². The summed E-state index contributed by atoms with van der Waals surface area (Å²) in [7, 11) is 0. The van der Waals surface area contributed by atoms with Crippen LogP contribution in [0.3, 0.4) is 0 Å². The van der Waals surface area contributed by atoms with Gasteiger partial charge in [-0.1, -0.05) is 32.0 Å². The Labute approximate surface area is 151 Å². The van der Waals surface area contributed by atoms with E-state index in [-0.39, 0.29) is 17.8 Å². The Morgan fingerprint density at radius 2 is 1.88 bits per heavy atom. The van der Waals surface area contributed by atoms with E-state index in [4.69, 9.17) is 10.8 Å². The lowest BCUT2D eigenvalue weighted by Crippen LogP contribution is -2.52. The summed E-state index contributed by atoms with van der Waals surface area (Å²) in [6.45, 7) is 11.9. The SMILES string of the molecule is Cc1nn(-c2ccccc2)c(C)c1CN1CCC(N)C(C)(C)C1.Cl. The molecule has 1 atom stereocenters. The lowest BCUT2D eigenvalue weighted by molar-refractivity contribution is 0.0896. The highest BCUT2D eigenvalue weighted by Gasteiger charge is 2.33. The first-order chi connectivity index (χ1) is 10.9. The van der Waals surface area contributed by atoms with E-state index in [0.717, 1.165) is 37.4 Å². The number of nitrogens with zero attached hydrogens (tertiary/aromatic N) is 3. The van der Waals surface area contributed by atoms with Gasteiger partial charge in [0.15, 0.2) is 0 Å². The second kappa shape index (κ2) is 7.26. The summed E-state index contributed by atoms with van der Waals surface area (Å²) in [4.78, 5) is 2.52. The molecule has 5 heteroatoms. The smallest absolute Gasteiger partial charge is 0.0648 e. The normalized spacial score (nSPS) is 20.6. The maximum Gasteiger partial charge on any atom is 0.0648 e. The zero-order valence-electron chi connectivity index (χ0n) is 15.1. The maximum atomic E-state index is 6.26. The minimum atomic E-state index is 0. The van der Waals surface area contributed by atoms with Crippen LogP contribution < -0.4 is 5.73 Å². The lowest BCUT2D eigenvalue weighted by atomic mass is 9.79. The Morgan fingerprint density at radius 1 is 1.21 bits per heavy atom. The van der Waals surface area contributed by atoms with E-state index in [1.165, 1.54) is 11.3 Å². The average Bonchev–Trinajstić information content (AvgIpc) is 2.80. The van der Waals surface area contributed by atoms with Gasteiger partial charge in [-0.05, 0) is 37.8 Å². The molecule has 2 N–H and O–H groups in total. The molecule has 1 aliphatic heterocycles. The second-order valence-electron chi connectivity index (χ2n) is 7.49. The van der Waals surface area contributed by atoms with E-state index in [1.54, 1.807) is 0 Å². The van der Waals surface area contributed by atoms with Gasteiger partial charge in [0.1, 0.15) is 0 Å². The Balaban J connectivity index is 0.00000208. The number of aryl methyl sites for hydroxylation is 1. The van der Waals surface area contributed by atoms with Gasteiger partial charge in [-0.25, -0.2) is 4.68 Å². The quantitative estimate of drug-likeness (QED) is 0.923. The van der Waals surface area contributed by atoms with Crippen LogP contribution in [0.25, 0.3) is 5.69 Å². The summed E-state index contributed by atoms with van der Waals surface area (Å²) in [6.07, 6.45) is 1.07. The molecule has 1 aliphatic rings. The van der Waals surface area contributed by atoms with Gasteiger partial charge in [-0.2, -0.15) is 5.10 Å². The predicted octanol–water partition coefficient (Wildman–Crippen LogP) is 3.47. The van der Waals surface area contributed by atoms with E-state index >= 15 is 0 Å². The highest BCUT2D eigenvalue weighted by molar-refractivity contribution is 5.85. The van der Waals surface area contributed by atoms with E-state index in [0.29, 0.717) is 6.04 Å². The molecular weight excluding hydrogens is 320 g/mol. The van der Waals surface area contributed by atoms with Gasteiger partial charge < -0.3 is 5.73 Å². The monoisotopic (exact) mass is 348 g/mol. The molecule has 132 valence electrons. The largest absolute Gasteiger partial charge is 0.327 e. The standard InChI is InChI=1S/C19H28N4.ClH/c1-14-17(12-22-11-10-18(20)19(3,4)13-22)15(2)23(21-14)16-8-6-5-7-9-16;/h5-9,18H,10-13,20H2,1-4H3;1H. The number of aromatic nitrogens is 2. The molecule has 1 fully saturated rings. The van der Waals surface area contributed by atoms with Crippen molar-refractivity contribution in [1.29, 1.82) is 0 Å². The van der Waals surface area contributed by atoms with Crippen molar-refractivity contribution in [3.63, 3.8) is 0 Å². The molecule has 24 heavy (non-hydrogen) atoms. The number of piperidine rings is 1. The van der Waals surface area contributed by atoms with Gasteiger partial charge in [0, 0.05) is 36.9 Å². The number of halogens is 1. The molecule has 3 rings (SSSR count). The highest BCUT2D eigenvalue weighted by atomic mass is 35.5. The molecular formula is C19H29ClN4. The van der Waals surface area contributed by atoms with Crippen molar-refractivity contribution >= 4 is 12.4 Å². The minimum Gasteiger partial charge on any atom is -0.327 e. The van der Waals surface area contributed by atoms with Crippen molar-refractivity contribution in [1.82, 2.24) is 14.7 Å². The number of hydrogen-bond acceptors (Lipinski definition) is 3. The van der Waals surface area contributed by atoms with Crippen LogP contribution in [0, 0.1) is 19.3 Å². The molecule has 1 saturated heterocycles. The Hall–Kier alpha value is -1.36. The van der Waals surface area contributed by atoms with Gasteiger partial charge in [0.2, 0.25) is 0 Å². The summed E-state index contributed by atoms with van der Waals surface area (Å²) in [5, 5.41) is 4.76. The van der Waals surface area contributed by atoms with E-state index in [9.17, 15) is 0 Å². The molecule has 0 saturated carbocycles. The average molecular weight is 349 g/mol. The van der Waals surface area contributed by atoms with Gasteiger partial charge in [-0.15, -0.1) is 12.4 Å². The van der Waals surface area contributed by atoms with Crippen LogP contribution in [0.4, 0.5) is 0 Å². The van der Waals surface area contributed by atoms with Crippen molar-refractivity contribution in [3.8, 4) is 5.69 Å². The van der Waals surface area contributed by atoms with Crippen molar-refractivity contribution in [2.45, 2.75) is 46.7 Å². The van der Waals surface area contributed by atoms with Crippen molar-refractivity contribution < 1.29 is 0 Å². The third kappa shape index (κ3) is 3.66. The molecule has 0 aliphatic carbocycles. The molecule has 1 aromatic carbocycles. The van der Waals surface area contributed by atoms with Crippen LogP contribution in [-0.2, 0) is 6.54 Å². The Kier molecular flexibility index (Phi) is 5.74. The van der Waals surface area contributed by atoms with E-state index in [2.05, 4.69) is 61.5 Å². The van der Waals surface area contributed by atoms with Crippen molar-refractivity contribution in [2.24, 2.45) is 11.1 Å². The first-order valence-electron chi connectivity index (χ1n) is 8.47. The third-order valence-electron chi connectivity index (χ3n) is 5.21. The predicted molar refractivity (Wildman–Crippen MR) is 102 cm³/mol. The van der Waals surface area contributed by atoms with Crippen molar-refractivity contribution in [3.05, 3.63) is 47.3 Å². The number of nitrogens with two attached hydrogens (primary N) is 1. The van der Waals surface area contributed by atoms with Gasteiger partial charge in [-0.3, -0.25) is 4.90 Å². The van der Waals surface area contributed by atoms with Crippen LogP contribution in [0.1, 0.15) is 37.2 Å². The zero-order valence-corrected chi connectivity index (χ0v) is 15.9. The summed E-state index contributed by atoms with van der Waals surface area (Å²) in [5.41, 5.74) is 11.3. The molecule has 0 amide bonds. The second-order valence-corrected chi connectivity index (χ2v) is 7.49. The van der Waals surface area contributed by atoms with Gasteiger partial charge in [0.05, 0.1) is 11.4 Å². The molecule has 4 nitrogen and oxygen atoms in total. The number of hydrogen-bond donors (Lipinski definition) is 1. The van der Waals surface area contributed by atoms with Crippen LogP contribution in [-0.4, -0.2) is 33.8 Å². The topological polar surface area (TPSA) is 47.1 Å². The van der Waals surface area contributed by atoms with Crippen molar-refractivity contribution in [2.75, 3.05) is 13.1 Å². The maximum absolute atomic E-state index is 6.26. The fraction of sp³-hybridized carbons (Fsp3) is 0.526. The van der Waals surface area contributed by atoms with E-state index in [1.807, 2.05) is 6.07 Å². The third-order valence-corrected chi connectivity index (χ3v) is 5.21. The summed E-state index contributed by atoms with van der Waals surface area (Å²) >= 11 is 0. The molecule has 2 heterocycles. The fourth-order valence-electron chi connectivity index (χ4n) is 3.57. The molecule has 1 unspecified atom stereocenters. The first-order valence-corrected chi connectivity index (χ1v) is 8.47. The summed E-state index contributed by atoms with van der Waals surface area (Å²) < 4.78 is 2.06. The van der Waals surface area contributed by atoms with Crippen LogP contribution in [0.5, 0.6) is 0 Å². The fourth-order valence-corrected chi connectivity index (χ4v) is 3.57. The summed E-state index contributed by atoms with van der Waals surface area (Å²) in [6, 6.07) is 10.7. The van der Waals surface area contributed by atoms with Crippen LogP contribution in [0.2, 0.25) is 0 Å². The number of likely N-dealkylation sites (tertiary alicyclic amines) is 1. The molecule has 0 bridgehead atoms. The number of para-hydroxylation sites is 1. The summed E-state index contributed by atoms with van der Waals surface area (Å²) in [5.74, 6) is 0. The molecule has 1 aromatic heterocycles. The molecule has 0 radical (unpaired) electrons.